The van der Waals surface area contributed by atoms with Crippen molar-refractivity contribution in [2.45, 2.75) is 58.5 Å². The Balaban J connectivity index is 1.84. The first kappa shape index (κ1) is 15.3. The van der Waals surface area contributed by atoms with Gasteiger partial charge in [-0.15, -0.1) is 0 Å². The third kappa shape index (κ3) is 5.05. The monoisotopic (exact) mass is 268 g/mol. The van der Waals surface area contributed by atoms with Gasteiger partial charge in [0, 0.05) is 37.7 Å². The summed E-state index contributed by atoms with van der Waals surface area (Å²) in [7, 11) is 0. The Hall–Kier alpha value is -0.120. The molecule has 3 nitrogen and oxygen atoms in total. The maximum absolute atomic E-state index is 5.73. The van der Waals surface area contributed by atoms with Crippen molar-refractivity contribution in [3.05, 3.63) is 0 Å². The van der Waals surface area contributed by atoms with E-state index >= 15 is 0 Å². The Morgan fingerprint density at radius 1 is 1.21 bits per heavy atom. The van der Waals surface area contributed by atoms with Crippen LogP contribution in [0.5, 0.6) is 0 Å². The lowest BCUT2D eigenvalue weighted by Gasteiger charge is -2.37. The van der Waals surface area contributed by atoms with E-state index < -0.39 is 0 Å². The molecular formula is C16H32N2O. The molecule has 1 saturated carbocycles. The summed E-state index contributed by atoms with van der Waals surface area (Å²) >= 11 is 0. The highest BCUT2D eigenvalue weighted by atomic mass is 16.5. The average molecular weight is 268 g/mol. The molecule has 2 fully saturated rings. The maximum atomic E-state index is 5.73. The molecule has 19 heavy (non-hydrogen) atoms. The van der Waals surface area contributed by atoms with Crippen LogP contribution in [-0.4, -0.2) is 49.8 Å². The van der Waals surface area contributed by atoms with E-state index in [4.69, 9.17) is 4.74 Å². The molecule has 0 bridgehead atoms. The van der Waals surface area contributed by atoms with Crippen molar-refractivity contribution in [3.63, 3.8) is 0 Å². The molecule has 1 aliphatic carbocycles. The summed E-state index contributed by atoms with van der Waals surface area (Å²) in [5.74, 6) is 1.65. The van der Waals surface area contributed by atoms with Crippen molar-refractivity contribution in [3.8, 4) is 0 Å². The van der Waals surface area contributed by atoms with Crippen molar-refractivity contribution in [1.82, 2.24) is 10.2 Å². The van der Waals surface area contributed by atoms with Crippen LogP contribution >= 0.6 is 0 Å². The topological polar surface area (TPSA) is 24.5 Å². The summed E-state index contributed by atoms with van der Waals surface area (Å²) in [6.45, 7) is 12.4. The molecule has 2 rings (SSSR count). The molecule has 112 valence electrons. The van der Waals surface area contributed by atoms with Gasteiger partial charge in [0.15, 0.2) is 0 Å². The van der Waals surface area contributed by atoms with E-state index in [0.29, 0.717) is 18.0 Å². The molecule has 1 saturated heterocycles. The van der Waals surface area contributed by atoms with Gasteiger partial charge in [-0.2, -0.15) is 0 Å². The van der Waals surface area contributed by atoms with Gasteiger partial charge in [-0.25, -0.2) is 0 Å². The van der Waals surface area contributed by atoms with Crippen molar-refractivity contribution >= 4 is 0 Å². The smallest absolute Gasteiger partial charge is 0.0521 e. The zero-order chi connectivity index (χ0) is 13.7. The van der Waals surface area contributed by atoms with Crippen LogP contribution in [0.25, 0.3) is 0 Å². The van der Waals surface area contributed by atoms with E-state index in [1.165, 1.54) is 38.8 Å². The quantitative estimate of drug-likeness (QED) is 0.732. The molecule has 0 radical (unpaired) electrons. The Bertz CT molecular complexity index is 253. The summed E-state index contributed by atoms with van der Waals surface area (Å²) in [5.41, 5.74) is 0. The van der Waals surface area contributed by atoms with Gasteiger partial charge in [-0.1, -0.05) is 6.92 Å². The molecule has 0 amide bonds. The molecule has 3 heteroatoms. The molecule has 0 spiro atoms. The second-order valence-electron chi connectivity index (χ2n) is 6.68. The second-order valence-corrected chi connectivity index (χ2v) is 6.68. The number of hydrogen-bond donors (Lipinski definition) is 1. The van der Waals surface area contributed by atoms with Crippen molar-refractivity contribution in [2.75, 3.05) is 32.8 Å². The van der Waals surface area contributed by atoms with Gasteiger partial charge in [0.05, 0.1) is 6.61 Å². The van der Waals surface area contributed by atoms with Gasteiger partial charge in [-0.3, -0.25) is 0 Å². The minimum absolute atomic E-state index is 0.661. The van der Waals surface area contributed by atoms with Crippen LogP contribution in [0.4, 0.5) is 0 Å². The standard InChI is InChI=1S/C16H32N2O/c1-4-8-17-16-7-9-19-12-15(16)11-18(13(2)3)10-14-5-6-14/h13-17H,4-12H2,1-3H3. The summed E-state index contributed by atoms with van der Waals surface area (Å²) in [6, 6.07) is 1.32. The fourth-order valence-corrected chi connectivity index (χ4v) is 3.00. The molecule has 1 N–H and O–H groups in total. The Labute approximate surface area is 119 Å². The van der Waals surface area contributed by atoms with Gasteiger partial charge in [0.25, 0.3) is 0 Å². The summed E-state index contributed by atoms with van der Waals surface area (Å²) < 4.78 is 5.73. The number of nitrogens with one attached hydrogen (secondary N) is 1. The predicted octanol–water partition coefficient (Wildman–Crippen LogP) is 2.51. The first-order valence-electron chi connectivity index (χ1n) is 8.25. The van der Waals surface area contributed by atoms with Crippen LogP contribution in [0.1, 0.15) is 46.5 Å². The number of ether oxygens (including phenoxy) is 1. The van der Waals surface area contributed by atoms with Crippen molar-refractivity contribution in [2.24, 2.45) is 11.8 Å². The van der Waals surface area contributed by atoms with Gasteiger partial charge in [0.2, 0.25) is 0 Å². The highest BCUT2D eigenvalue weighted by Gasteiger charge is 2.31. The minimum Gasteiger partial charge on any atom is -0.381 e. The van der Waals surface area contributed by atoms with E-state index in [-0.39, 0.29) is 0 Å². The Kier molecular flexibility index (Phi) is 6.11. The van der Waals surface area contributed by atoms with Crippen LogP contribution in [0.15, 0.2) is 0 Å². The average Bonchev–Trinajstić information content (AvgIpc) is 3.20. The van der Waals surface area contributed by atoms with E-state index in [0.717, 1.165) is 25.7 Å². The first-order chi connectivity index (χ1) is 9.20. The minimum atomic E-state index is 0.661. The first-order valence-corrected chi connectivity index (χ1v) is 8.25. The number of hydrogen-bond acceptors (Lipinski definition) is 3. The Morgan fingerprint density at radius 2 is 2.00 bits per heavy atom. The molecule has 1 heterocycles. The molecule has 2 atom stereocenters. The molecule has 2 aliphatic rings. The highest BCUT2D eigenvalue weighted by Crippen LogP contribution is 2.31. The highest BCUT2D eigenvalue weighted by molar-refractivity contribution is 4.85. The fraction of sp³-hybridized carbons (Fsp3) is 1.00. The zero-order valence-electron chi connectivity index (χ0n) is 13.0. The Morgan fingerprint density at radius 3 is 2.63 bits per heavy atom. The van der Waals surface area contributed by atoms with Gasteiger partial charge >= 0.3 is 0 Å². The summed E-state index contributed by atoms with van der Waals surface area (Å²) in [5, 5.41) is 3.73. The number of nitrogens with zero attached hydrogens (tertiary/aromatic N) is 1. The molecule has 0 aromatic carbocycles. The van der Waals surface area contributed by atoms with Crippen molar-refractivity contribution < 1.29 is 4.74 Å². The molecule has 2 unspecified atom stereocenters. The van der Waals surface area contributed by atoms with Crippen LogP contribution in [0.2, 0.25) is 0 Å². The zero-order valence-corrected chi connectivity index (χ0v) is 13.0. The van der Waals surface area contributed by atoms with Crippen molar-refractivity contribution in [1.29, 1.82) is 0 Å². The third-order valence-electron chi connectivity index (χ3n) is 4.52. The summed E-state index contributed by atoms with van der Waals surface area (Å²) in [4.78, 5) is 2.68. The van der Waals surface area contributed by atoms with E-state index in [1.54, 1.807) is 0 Å². The lowest BCUT2D eigenvalue weighted by Crippen LogP contribution is -2.49. The summed E-state index contributed by atoms with van der Waals surface area (Å²) in [6.07, 6.45) is 5.30. The normalized spacial score (nSPS) is 28.3. The number of rotatable bonds is 8. The van der Waals surface area contributed by atoms with E-state index in [9.17, 15) is 0 Å². The lowest BCUT2D eigenvalue weighted by atomic mass is 9.94. The SMILES string of the molecule is CCCNC1CCOCC1CN(CC1CC1)C(C)C. The van der Waals surface area contributed by atoms with Crippen LogP contribution in [0, 0.1) is 11.8 Å². The largest absolute Gasteiger partial charge is 0.381 e. The lowest BCUT2D eigenvalue weighted by molar-refractivity contribution is 0.0114. The molecule has 1 aliphatic heterocycles. The van der Waals surface area contributed by atoms with Crippen LogP contribution in [0.3, 0.4) is 0 Å². The van der Waals surface area contributed by atoms with Crippen LogP contribution < -0.4 is 5.32 Å². The second kappa shape index (κ2) is 7.61. The predicted molar refractivity (Wildman–Crippen MR) is 80.4 cm³/mol. The van der Waals surface area contributed by atoms with Crippen LogP contribution in [-0.2, 0) is 4.74 Å². The van der Waals surface area contributed by atoms with Gasteiger partial charge in [-0.05, 0) is 52.0 Å². The fourth-order valence-electron chi connectivity index (χ4n) is 3.00. The van der Waals surface area contributed by atoms with Gasteiger partial charge < -0.3 is 15.0 Å². The van der Waals surface area contributed by atoms with Gasteiger partial charge in [0.1, 0.15) is 0 Å². The molecule has 0 aromatic heterocycles. The molecule has 0 aromatic rings. The van der Waals surface area contributed by atoms with E-state index in [1.807, 2.05) is 0 Å². The van der Waals surface area contributed by atoms with E-state index in [2.05, 4.69) is 31.0 Å². The maximum Gasteiger partial charge on any atom is 0.0521 e. The molecular weight excluding hydrogens is 236 g/mol. The third-order valence-corrected chi connectivity index (χ3v) is 4.52.